The van der Waals surface area contributed by atoms with Gasteiger partial charge in [-0.05, 0) is 55.5 Å². The van der Waals surface area contributed by atoms with Crippen molar-refractivity contribution in [3.05, 3.63) is 89.4 Å². The molecule has 0 bridgehead atoms. The fourth-order valence-electron chi connectivity index (χ4n) is 2.51. The highest BCUT2D eigenvalue weighted by atomic mass is 35.5. The molecule has 1 atom stereocenters. The molecule has 0 heterocycles. The minimum Gasteiger partial charge on any atom is -0.481 e. The molecule has 0 saturated heterocycles. The maximum atomic E-state index is 12.4. The van der Waals surface area contributed by atoms with E-state index in [1.165, 1.54) is 0 Å². The van der Waals surface area contributed by atoms with Crippen molar-refractivity contribution in [1.29, 1.82) is 0 Å². The summed E-state index contributed by atoms with van der Waals surface area (Å²) >= 11 is 5.93. The molecule has 3 rings (SSSR count). The Labute approximate surface area is 168 Å². The van der Waals surface area contributed by atoms with Gasteiger partial charge in [-0.2, -0.15) is 0 Å². The number of ether oxygens (including phenoxy) is 1. The smallest absolute Gasteiger partial charge is 0.265 e. The highest BCUT2D eigenvalue weighted by molar-refractivity contribution is 6.30. The normalized spacial score (nSPS) is 11.4. The fraction of sp³-hybridized carbons (Fsp3) is 0.0909. The molecule has 0 aliphatic carbocycles. The summed E-state index contributed by atoms with van der Waals surface area (Å²) in [6, 6.07) is 22.7. The van der Waals surface area contributed by atoms with Crippen LogP contribution in [0.25, 0.3) is 0 Å². The van der Waals surface area contributed by atoms with Crippen molar-refractivity contribution in [3.8, 4) is 5.75 Å². The van der Waals surface area contributed by atoms with Crippen molar-refractivity contribution >= 4 is 34.8 Å². The molecule has 2 N–H and O–H groups in total. The second-order valence-electron chi connectivity index (χ2n) is 6.11. The first kappa shape index (κ1) is 19.5. The van der Waals surface area contributed by atoms with Crippen LogP contribution in [0.3, 0.4) is 0 Å². The number of anilines is 2. The largest absolute Gasteiger partial charge is 0.481 e. The summed E-state index contributed by atoms with van der Waals surface area (Å²) in [5, 5.41) is 6.13. The molecule has 0 aromatic heterocycles. The van der Waals surface area contributed by atoms with Crippen LogP contribution in [0.2, 0.25) is 5.02 Å². The van der Waals surface area contributed by atoms with Crippen LogP contribution in [0, 0.1) is 0 Å². The highest BCUT2D eigenvalue weighted by Crippen LogP contribution is 2.20. The molecule has 28 heavy (non-hydrogen) atoms. The summed E-state index contributed by atoms with van der Waals surface area (Å²) in [7, 11) is 0. The molecule has 0 saturated carbocycles. The lowest BCUT2D eigenvalue weighted by Gasteiger charge is -2.15. The van der Waals surface area contributed by atoms with Gasteiger partial charge < -0.3 is 15.4 Å². The van der Waals surface area contributed by atoms with E-state index >= 15 is 0 Å². The van der Waals surface area contributed by atoms with Gasteiger partial charge in [-0.15, -0.1) is 0 Å². The monoisotopic (exact) mass is 394 g/mol. The van der Waals surface area contributed by atoms with E-state index in [-0.39, 0.29) is 11.8 Å². The van der Waals surface area contributed by atoms with Crippen LogP contribution >= 0.6 is 11.6 Å². The first-order valence-electron chi connectivity index (χ1n) is 8.71. The fourth-order valence-corrected chi connectivity index (χ4v) is 2.69. The van der Waals surface area contributed by atoms with Crippen molar-refractivity contribution in [2.75, 3.05) is 10.6 Å². The minimum atomic E-state index is -0.721. The van der Waals surface area contributed by atoms with E-state index in [4.69, 9.17) is 16.3 Å². The Morgan fingerprint density at radius 2 is 1.54 bits per heavy atom. The van der Waals surface area contributed by atoms with Gasteiger partial charge in [0.2, 0.25) is 0 Å². The van der Waals surface area contributed by atoms with Crippen molar-refractivity contribution < 1.29 is 14.3 Å². The first-order chi connectivity index (χ1) is 13.5. The molecule has 2 amide bonds. The van der Waals surface area contributed by atoms with Gasteiger partial charge in [-0.1, -0.05) is 41.9 Å². The lowest BCUT2D eigenvalue weighted by Crippen LogP contribution is -2.30. The molecule has 0 spiro atoms. The molecular weight excluding hydrogens is 376 g/mol. The number of halogens is 1. The Morgan fingerprint density at radius 1 is 0.857 bits per heavy atom. The molecular formula is C22H19ClN2O3. The number of hydrogen-bond acceptors (Lipinski definition) is 3. The Morgan fingerprint density at radius 3 is 2.25 bits per heavy atom. The average Bonchev–Trinajstić information content (AvgIpc) is 2.69. The highest BCUT2D eigenvalue weighted by Gasteiger charge is 2.15. The molecule has 5 nitrogen and oxygen atoms in total. The molecule has 0 fully saturated rings. The van der Waals surface area contributed by atoms with E-state index in [2.05, 4.69) is 10.6 Å². The molecule has 142 valence electrons. The first-order valence-corrected chi connectivity index (χ1v) is 9.08. The summed E-state index contributed by atoms with van der Waals surface area (Å²) in [5.41, 5.74) is 1.69. The summed E-state index contributed by atoms with van der Waals surface area (Å²) in [6.45, 7) is 1.65. The van der Waals surface area contributed by atoms with E-state index in [0.717, 1.165) is 0 Å². The van der Waals surface area contributed by atoms with Gasteiger partial charge in [0.25, 0.3) is 11.8 Å². The van der Waals surface area contributed by atoms with Crippen LogP contribution in [0.5, 0.6) is 5.75 Å². The van der Waals surface area contributed by atoms with Gasteiger partial charge >= 0.3 is 0 Å². The molecule has 3 aromatic carbocycles. The van der Waals surface area contributed by atoms with Crippen molar-refractivity contribution in [2.24, 2.45) is 0 Å². The number of carbonyl (C=O) groups is 2. The van der Waals surface area contributed by atoms with Crippen LogP contribution in [-0.4, -0.2) is 17.9 Å². The summed E-state index contributed by atoms with van der Waals surface area (Å²) in [4.78, 5) is 24.7. The standard InChI is InChI=1S/C22H19ClN2O3/c1-15(28-20-12-5-9-17(23)13-20)21(26)24-18-10-6-11-19(14-18)25-22(27)16-7-3-2-4-8-16/h2-15H,1H3,(H,24,26)(H,25,27). The molecule has 0 radical (unpaired) electrons. The van der Waals surface area contributed by atoms with E-state index in [9.17, 15) is 9.59 Å². The van der Waals surface area contributed by atoms with E-state index in [0.29, 0.717) is 27.7 Å². The van der Waals surface area contributed by atoms with E-state index < -0.39 is 6.10 Å². The minimum absolute atomic E-state index is 0.221. The maximum absolute atomic E-state index is 12.4. The maximum Gasteiger partial charge on any atom is 0.265 e. The van der Waals surface area contributed by atoms with E-state index in [1.54, 1.807) is 79.7 Å². The van der Waals surface area contributed by atoms with Gasteiger partial charge in [-0.25, -0.2) is 0 Å². The van der Waals surface area contributed by atoms with Gasteiger partial charge in [0.05, 0.1) is 0 Å². The van der Waals surface area contributed by atoms with Crippen LogP contribution in [-0.2, 0) is 4.79 Å². The molecule has 6 heteroatoms. The third-order valence-corrected chi connectivity index (χ3v) is 4.14. The van der Waals surface area contributed by atoms with Gasteiger partial charge in [0.15, 0.2) is 6.10 Å². The molecule has 3 aromatic rings. The number of rotatable bonds is 6. The van der Waals surface area contributed by atoms with Crippen LogP contribution in [0.1, 0.15) is 17.3 Å². The number of amides is 2. The number of benzene rings is 3. The van der Waals surface area contributed by atoms with Gasteiger partial charge in [-0.3, -0.25) is 9.59 Å². The van der Waals surface area contributed by atoms with Crippen molar-refractivity contribution in [1.82, 2.24) is 0 Å². The summed E-state index contributed by atoms with van der Waals surface area (Å²) in [6.07, 6.45) is -0.721. The Hall–Kier alpha value is -3.31. The quantitative estimate of drug-likeness (QED) is 0.618. The third kappa shape index (κ3) is 5.34. The molecule has 1 unspecified atom stereocenters. The zero-order valence-corrected chi connectivity index (χ0v) is 15.9. The third-order valence-electron chi connectivity index (χ3n) is 3.90. The van der Waals surface area contributed by atoms with Gasteiger partial charge in [0, 0.05) is 22.0 Å². The number of hydrogen-bond donors (Lipinski definition) is 2. The number of nitrogens with one attached hydrogen (secondary N) is 2. The topological polar surface area (TPSA) is 67.4 Å². The van der Waals surface area contributed by atoms with Gasteiger partial charge in [0.1, 0.15) is 5.75 Å². The SMILES string of the molecule is CC(Oc1cccc(Cl)c1)C(=O)Nc1cccc(NC(=O)c2ccccc2)c1. The lowest BCUT2D eigenvalue weighted by atomic mass is 10.2. The zero-order chi connectivity index (χ0) is 19.9. The molecule has 0 aliphatic heterocycles. The lowest BCUT2D eigenvalue weighted by molar-refractivity contribution is -0.122. The molecule has 0 aliphatic rings. The predicted octanol–water partition coefficient (Wildman–Crippen LogP) is 5.00. The Kier molecular flexibility index (Phi) is 6.29. The second-order valence-corrected chi connectivity index (χ2v) is 6.54. The summed E-state index contributed by atoms with van der Waals surface area (Å²) in [5.74, 6) is -0.0210. The van der Waals surface area contributed by atoms with E-state index in [1.807, 2.05) is 6.07 Å². The van der Waals surface area contributed by atoms with Crippen molar-refractivity contribution in [2.45, 2.75) is 13.0 Å². The van der Waals surface area contributed by atoms with Crippen molar-refractivity contribution in [3.63, 3.8) is 0 Å². The number of carbonyl (C=O) groups excluding carboxylic acids is 2. The Balaban J connectivity index is 1.62. The summed E-state index contributed by atoms with van der Waals surface area (Å²) < 4.78 is 5.62. The predicted molar refractivity (Wildman–Crippen MR) is 111 cm³/mol. The Bertz CT molecular complexity index is 976. The van der Waals surface area contributed by atoms with Crippen LogP contribution in [0.15, 0.2) is 78.9 Å². The van der Waals surface area contributed by atoms with Crippen LogP contribution < -0.4 is 15.4 Å². The zero-order valence-electron chi connectivity index (χ0n) is 15.2. The second kappa shape index (κ2) is 9.06. The van der Waals surface area contributed by atoms with Crippen LogP contribution in [0.4, 0.5) is 11.4 Å². The average molecular weight is 395 g/mol.